The van der Waals surface area contributed by atoms with Gasteiger partial charge in [-0.3, -0.25) is 0 Å². The van der Waals surface area contributed by atoms with Crippen LogP contribution in [0.5, 0.6) is 0 Å². The Morgan fingerprint density at radius 3 is 2.13 bits per heavy atom. The Kier molecular flexibility index (Phi) is 2.60. The highest BCUT2D eigenvalue weighted by Crippen LogP contribution is 2.25. The molecule has 0 aliphatic heterocycles. The van der Waals surface area contributed by atoms with Gasteiger partial charge >= 0.3 is 0 Å². The Morgan fingerprint density at radius 2 is 1.53 bits per heavy atom. The standard InChI is InChI=1S/C12H9ClFN/c13-11-7-9(3-6-12(11)14)8-1-4-10(15)5-2-8/h1-7H,15H2. The molecule has 0 aliphatic rings. The highest BCUT2D eigenvalue weighted by atomic mass is 35.5. The van der Waals surface area contributed by atoms with Crippen molar-refractivity contribution < 1.29 is 4.39 Å². The molecule has 0 spiro atoms. The zero-order valence-corrected chi connectivity index (χ0v) is 8.63. The molecular formula is C12H9ClFN. The second-order valence-corrected chi connectivity index (χ2v) is 3.66. The highest BCUT2D eigenvalue weighted by molar-refractivity contribution is 6.31. The number of halogens is 2. The number of anilines is 1. The van der Waals surface area contributed by atoms with Gasteiger partial charge in [-0.25, -0.2) is 4.39 Å². The van der Waals surface area contributed by atoms with Crippen molar-refractivity contribution in [1.82, 2.24) is 0 Å². The van der Waals surface area contributed by atoms with Gasteiger partial charge in [0, 0.05) is 5.69 Å². The summed E-state index contributed by atoms with van der Waals surface area (Å²) in [5.41, 5.74) is 8.11. The van der Waals surface area contributed by atoms with Crippen molar-refractivity contribution in [2.45, 2.75) is 0 Å². The zero-order valence-electron chi connectivity index (χ0n) is 7.87. The molecule has 0 fully saturated rings. The molecule has 0 heterocycles. The lowest BCUT2D eigenvalue weighted by atomic mass is 10.1. The quantitative estimate of drug-likeness (QED) is 0.730. The molecule has 0 atom stereocenters. The van der Waals surface area contributed by atoms with E-state index in [0.29, 0.717) is 5.69 Å². The zero-order chi connectivity index (χ0) is 10.8. The number of benzene rings is 2. The van der Waals surface area contributed by atoms with Crippen molar-refractivity contribution in [1.29, 1.82) is 0 Å². The van der Waals surface area contributed by atoms with Gasteiger partial charge in [-0.15, -0.1) is 0 Å². The smallest absolute Gasteiger partial charge is 0.141 e. The first kappa shape index (κ1) is 9.99. The number of nitrogens with two attached hydrogens (primary N) is 1. The summed E-state index contributed by atoms with van der Waals surface area (Å²) in [5.74, 6) is -0.407. The summed E-state index contributed by atoms with van der Waals surface area (Å²) in [7, 11) is 0. The van der Waals surface area contributed by atoms with Gasteiger partial charge in [-0.05, 0) is 35.4 Å². The fraction of sp³-hybridized carbons (Fsp3) is 0. The van der Waals surface area contributed by atoms with E-state index in [1.165, 1.54) is 6.07 Å². The molecule has 1 nitrogen and oxygen atoms in total. The van der Waals surface area contributed by atoms with Gasteiger partial charge in [-0.2, -0.15) is 0 Å². The second-order valence-electron chi connectivity index (χ2n) is 3.25. The van der Waals surface area contributed by atoms with Crippen LogP contribution in [0.3, 0.4) is 0 Å². The molecule has 2 aromatic rings. The Balaban J connectivity index is 2.45. The molecule has 0 unspecified atom stereocenters. The summed E-state index contributed by atoms with van der Waals surface area (Å²) in [5, 5.41) is 0.129. The third-order valence-corrected chi connectivity index (χ3v) is 2.45. The predicted molar refractivity (Wildman–Crippen MR) is 61.3 cm³/mol. The van der Waals surface area contributed by atoms with E-state index in [1.54, 1.807) is 24.3 Å². The highest BCUT2D eigenvalue weighted by Gasteiger charge is 2.02. The van der Waals surface area contributed by atoms with Gasteiger partial charge in [-0.1, -0.05) is 29.8 Å². The Morgan fingerprint density at radius 1 is 0.933 bits per heavy atom. The summed E-state index contributed by atoms with van der Waals surface area (Å²) in [4.78, 5) is 0. The first-order valence-corrected chi connectivity index (χ1v) is 4.85. The minimum Gasteiger partial charge on any atom is -0.399 e. The van der Waals surface area contributed by atoms with Crippen LogP contribution >= 0.6 is 11.6 Å². The fourth-order valence-corrected chi connectivity index (χ4v) is 1.53. The van der Waals surface area contributed by atoms with E-state index in [-0.39, 0.29) is 5.02 Å². The lowest BCUT2D eigenvalue weighted by molar-refractivity contribution is 0.628. The largest absolute Gasteiger partial charge is 0.399 e. The minimum atomic E-state index is -0.407. The van der Waals surface area contributed by atoms with E-state index in [4.69, 9.17) is 17.3 Å². The second kappa shape index (κ2) is 3.91. The maximum atomic E-state index is 12.9. The van der Waals surface area contributed by atoms with Crippen molar-refractivity contribution in [3.63, 3.8) is 0 Å². The Hall–Kier alpha value is -1.54. The molecule has 0 amide bonds. The van der Waals surface area contributed by atoms with Crippen LogP contribution in [0.15, 0.2) is 42.5 Å². The fourth-order valence-electron chi connectivity index (χ4n) is 1.35. The monoisotopic (exact) mass is 221 g/mol. The van der Waals surface area contributed by atoms with Gasteiger partial charge in [0.1, 0.15) is 5.82 Å². The molecular weight excluding hydrogens is 213 g/mol. The van der Waals surface area contributed by atoms with Crippen LogP contribution in [0.4, 0.5) is 10.1 Å². The van der Waals surface area contributed by atoms with Crippen LogP contribution in [0.25, 0.3) is 11.1 Å². The number of hydrogen-bond donors (Lipinski definition) is 1. The van der Waals surface area contributed by atoms with Gasteiger partial charge in [0.2, 0.25) is 0 Å². The average Bonchev–Trinajstić information content (AvgIpc) is 2.23. The summed E-state index contributed by atoms with van der Waals surface area (Å²) in [6.07, 6.45) is 0. The normalized spacial score (nSPS) is 10.3. The third-order valence-electron chi connectivity index (χ3n) is 2.16. The van der Waals surface area contributed by atoms with Crippen molar-refractivity contribution in [3.8, 4) is 11.1 Å². The van der Waals surface area contributed by atoms with E-state index in [0.717, 1.165) is 11.1 Å². The molecule has 15 heavy (non-hydrogen) atoms. The van der Waals surface area contributed by atoms with E-state index < -0.39 is 5.82 Å². The lowest BCUT2D eigenvalue weighted by Crippen LogP contribution is -1.84. The maximum Gasteiger partial charge on any atom is 0.141 e. The Bertz CT molecular complexity index is 479. The van der Waals surface area contributed by atoms with Crippen LogP contribution in [0.1, 0.15) is 0 Å². The number of rotatable bonds is 1. The van der Waals surface area contributed by atoms with E-state index in [2.05, 4.69) is 0 Å². The average molecular weight is 222 g/mol. The molecule has 0 radical (unpaired) electrons. The van der Waals surface area contributed by atoms with E-state index >= 15 is 0 Å². The van der Waals surface area contributed by atoms with Gasteiger partial charge in [0.15, 0.2) is 0 Å². The molecule has 0 aromatic heterocycles. The maximum absolute atomic E-state index is 12.9. The number of hydrogen-bond acceptors (Lipinski definition) is 1. The summed E-state index contributed by atoms with van der Waals surface area (Å²) in [6, 6.07) is 12.0. The van der Waals surface area contributed by atoms with Crippen LogP contribution in [-0.2, 0) is 0 Å². The van der Waals surface area contributed by atoms with Crippen LogP contribution < -0.4 is 5.73 Å². The SMILES string of the molecule is Nc1ccc(-c2ccc(F)c(Cl)c2)cc1. The lowest BCUT2D eigenvalue weighted by Gasteiger charge is -2.03. The molecule has 76 valence electrons. The van der Waals surface area contributed by atoms with Gasteiger partial charge < -0.3 is 5.73 Å². The third kappa shape index (κ3) is 2.10. The molecule has 2 N–H and O–H groups in total. The molecule has 0 aliphatic carbocycles. The van der Waals surface area contributed by atoms with Gasteiger partial charge in [0.05, 0.1) is 5.02 Å². The van der Waals surface area contributed by atoms with Crippen LogP contribution in [-0.4, -0.2) is 0 Å². The molecule has 2 aromatic carbocycles. The molecule has 0 saturated heterocycles. The minimum absolute atomic E-state index is 0.129. The van der Waals surface area contributed by atoms with Crippen molar-refractivity contribution in [3.05, 3.63) is 53.3 Å². The van der Waals surface area contributed by atoms with Crippen molar-refractivity contribution >= 4 is 17.3 Å². The molecule has 2 rings (SSSR count). The van der Waals surface area contributed by atoms with Crippen molar-refractivity contribution in [2.75, 3.05) is 5.73 Å². The van der Waals surface area contributed by atoms with E-state index in [1.807, 2.05) is 12.1 Å². The predicted octanol–water partition coefficient (Wildman–Crippen LogP) is 3.73. The number of nitrogen functional groups attached to an aromatic ring is 1. The first-order valence-electron chi connectivity index (χ1n) is 4.48. The molecule has 0 bridgehead atoms. The summed E-state index contributed by atoms with van der Waals surface area (Å²) < 4.78 is 12.9. The summed E-state index contributed by atoms with van der Waals surface area (Å²) >= 11 is 5.70. The Labute approximate surface area is 92.3 Å². The van der Waals surface area contributed by atoms with Gasteiger partial charge in [0.25, 0.3) is 0 Å². The van der Waals surface area contributed by atoms with Crippen LogP contribution in [0, 0.1) is 5.82 Å². The first-order chi connectivity index (χ1) is 7.16. The summed E-state index contributed by atoms with van der Waals surface area (Å²) in [6.45, 7) is 0. The topological polar surface area (TPSA) is 26.0 Å². The molecule has 0 saturated carbocycles. The van der Waals surface area contributed by atoms with E-state index in [9.17, 15) is 4.39 Å². The van der Waals surface area contributed by atoms with Crippen LogP contribution in [0.2, 0.25) is 5.02 Å². The molecule has 3 heteroatoms. The van der Waals surface area contributed by atoms with Crippen molar-refractivity contribution in [2.24, 2.45) is 0 Å².